The molecule has 0 radical (unpaired) electrons. The van der Waals surface area contributed by atoms with Crippen LogP contribution in [0.1, 0.15) is 23.0 Å². The second-order valence-electron chi connectivity index (χ2n) is 4.80. The van der Waals surface area contributed by atoms with Gasteiger partial charge in [-0.05, 0) is 30.7 Å². The summed E-state index contributed by atoms with van der Waals surface area (Å²) in [7, 11) is 3.09. The van der Waals surface area contributed by atoms with Crippen molar-refractivity contribution in [3.63, 3.8) is 0 Å². The minimum Gasteiger partial charge on any atom is -0.493 e. The van der Waals surface area contributed by atoms with Crippen LogP contribution in [0, 0.1) is 0 Å². The Morgan fingerprint density at radius 2 is 2.00 bits per heavy atom. The first-order valence-corrected chi connectivity index (χ1v) is 7.50. The smallest absolute Gasteiger partial charge is 0.356 e. The summed E-state index contributed by atoms with van der Waals surface area (Å²) in [6, 6.07) is 5.28. The van der Waals surface area contributed by atoms with E-state index in [2.05, 4.69) is 15.3 Å². The van der Waals surface area contributed by atoms with E-state index in [4.69, 9.17) is 14.2 Å². The van der Waals surface area contributed by atoms with Crippen LogP contribution in [0.2, 0.25) is 0 Å². The normalized spacial score (nSPS) is 10.5. The fourth-order valence-electron chi connectivity index (χ4n) is 1.98. The topological polar surface area (TPSA) is 103 Å². The Morgan fingerprint density at radius 3 is 2.68 bits per heavy atom. The molecule has 0 unspecified atom stereocenters. The van der Waals surface area contributed by atoms with Gasteiger partial charge in [0, 0.05) is 6.08 Å². The molecule has 2 aromatic rings. The lowest BCUT2D eigenvalue weighted by atomic mass is 10.2. The number of aromatic nitrogens is 2. The number of carbonyl (C=O) groups is 2. The quantitative estimate of drug-likeness (QED) is 0.589. The van der Waals surface area contributed by atoms with Crippen molar-refractivity contribution in [2.24, 2.45) is 0 Å². The van der Waals surface area contributed by atoms with Crippen LogP contribution in [0.4, 0.5) is 5.95 Å². The van der Waals surface area contributed by atoms with Gasteiger partial charge in [0.25, 0.3) is 5.91 Å². The molecule has 0 saturated heterocycles. The summed E-state index contributed by atoms with van der Waals surface area (Å²) in [5.74, 6) is 0.391. The van der Waals surface area contributed by atoms with Gasteiger partial charge in [-0.3, -0.25) is 10.1 Å². The van der Waals surface area contributed by atoms with Gasteiger partial charge >= 0.3 is 5.97 Å². The summed E-state index contributed by atoms with van der Waals surface area (Å²) < 4.78 is 15.2. The number of anilines is 1. The maximum absolute atomic E-state index is 11.9. The lowest BCUT2D eigenvalue weighted by Crippen LogP contribution is -2.10. The van der Waals surface area contributed by atoms with Crippen molar-refractivity contribution >= 4 is 23.9 Å². The Bertz CT molecular complexity index is 782. The molecule has 25 heavy (non-hydrogen) atoms. The van der Waals surface area contributed by atoms with Gasteiger partial charge in [-0.1, -0.05) is 6.07 Å². The third-order valence-corrected chi connectivity index (χ3v) is 3.15. The molecule has 0 bridgehead atoms. The number of H-pyrrole nitrogens is 1. The van der Waals surface area contributed by atoms with Gasteiger partial charge in [0.1, 0.15) is 5.69 Å². The molecular weight excluding hydrogens is 326 g/mol. The van der Waals surface area contributed by atoms with Gasteiger partial charge < -0.3 is 19.2 Å². The Morgan fingerprint density at radius 1 is 1.24 bits per heavy atom. The van der Waals surface area contributed by atoms with E-state index in [1.165, 1.54) is 19.4 Å². The maximum Gasteiger partial charge on any atom is 0.356 e. The number of aromatic amines is 1. The van der Waals surface area contributed by atoms with Gasteiger partial charge in [0.2, 0.25) is 5.95 Å². The molecule has 0 fully saturated rings. The number of ether oxygens (including phenoxy) is 3. The molecule has 1 aromatic heterocycles. The summed E-state index contributed by atoms with van der Waals surface area (Å²) in [6.07, 6.45) is 4.26. The molecule has 0 aliphatic rings. The molecule has 1 heterocycles. The Hall–Kier alpha value is -3.29. The van der Waals surface area contributed by atoms with E-state index in [9.17, 15) is 9.59 Å². The van der Waals surface area contributed by atoms with Gasteiger partial charge in [-0.25, -0.2) is 9.78 Å². The van der Waals surface area contributed by atoms with Crippen LogP contribution in [0.25, 0.3) is 6.08 Å². The van der Waals surface area contributed by atoms with E-state index >= 15 is 0 Å². The van der Waals surface area contributed by atoms with Crippen molar-refractivity contribution in [3.05, 3.63) is 41.7 Å². The number of hydrogen-bond donors (Lipinski definition) is 2. The second-order valence-corrected chi connectivity index (χ2v) is 4.80. The van der Waals surface area contributed by atoms with Crippen molar-refractivity contribution in [1.29, 1.82) is 0 Å². The van der Waals surface area contributed by atoms with E-state index in [0.29, 0.717) is 11.5 Å². The van der Waals surface area contributed by atoms with Crippen molar-refractivity contribution < 1.29 is 23.8 Å². The largest absolute Gasteiger partial charge is 0.493 e. The standard InChI is InChI=1S/C17H19N3O5/c1-4-25-16(22)12-10-18-17(19-12)20-15(21)8-6-11-5-7-13(23-2)14(9-11)24-3/h5-10H,4H2,1-3H3,(H2,18,19,20,21)/b8-6+. The van der Waals surface area contributed by atoms with Crippen LogP contribution in [0.5, 0.6) is 11.5 Å². The molecule has 1 aromatic carbocycles. The number of imidazole rings is 1. The molecule has 0 aliphatic carbocycles. The maximum atomic E-state index is 11.9. The van der Waals surface area contributed by atoms with Gasteiger partial charge in [-0.15, -0.1) is 0 Å². The van der Waals surface area contributed by atoms with Crippen LogP contribution >= 0.6 is 0 Å². The molecule has 0 aliphatic heterocycles. The van der Waals surface area contributed by atoms with E-state index in [-0.39, 0.29) is 18.2 Å². The van der Waals surface area contributed by atoms with Gasteiger partial charge in [0.05, 0.1) is 27.0 Å². The molecular formula is C17H19N3O5. The van der Waals surface area contributed by atoms with Crippen molar-refractivity contribution in [2.75, 3.05) is 26.1 Å². The van der Waals surface area contributed by atoms with Crippen molar-refractivity contribution in [2.45, 2.75) is 6.92 Å². The first-order valence-electron chi connectivity index (χ1n) is 7.50. The predicted octanol–water partition coefficient (Wildman–Crippen LogP) is 2.26. The Labute approximate surface area is 144 Å². The Balaban J connectivity index is 2.00. The van der Waals surface area contributed by atoms with E-state index in [1.54, 1.807) is 38.3 Å². The van der Waals surface area contributed by atoms with Crippen molar-refractivity contribution in [3.8, 4) is 11.5 Å². The molecule has 0 atom stereocenters. The Kier molecular flexibility index (Phi) is 6.16. The summed E-state index contributed by atoms with van der Waals surface area (Å²) in [6.45, 7) is 1.96. The number of amides is 1. The highest BCUT2D eigenvalue weighted by atomic mass is 16.5. The fourth-order valence-corrected chi connectivity index (χ4v) is 1.98. The summed E-state index contributed by atoms with van der Waals surface area (Å²) >= 11 is 0. The molecule has 2 N–H and O–H groups in total. The number of methoxy groups -OCH3 is 2. The molecule has 1 amide bonds. The fraction of sp³-hybridized carbons (Fsp3) is 0.235. The van der Waals surface area contributed by atoms with E-state index < -0.39 is 11.9 Å². The third-order valence-electron chi connectivity index (χ3n) is 3.15. The van der Waals surface area contributed by atoms with Crippen LogP contribution in [-0.4, -0.2) is 42.7 Å². The van der Waals surface area contributed by atoms with Crippen LogP contribution < -0.4 is 14.8 Å². The van der Waals surface area contributed by atoms with Crippen LogP contribution in [0.3, 0.4) is 0 Å². The average molecular weight is 345 g/mol. The zero-order valence-corrected chi connectivity index (χ0v) is 14.2. The molecule has 0 spiro atoms. The SMILES string of the molecule is CCOC(=O)c1cnc(NC(=O)/C=C/c2ccc(OC)c(OC)c2)[nH]1. The lowest BCUT2D eigenvalue weighted by molar-refractivity contribution is -0.111. The molecule has 8 heteroatoms. The number of nitrogens with one attached hydrogen (secondary N) is 2. The lowest BCUT2D eigenvalue weighted by Gasteiger charge is -2.07. The first kappa shape index (κ1) is 18.1. The molecule has 132 valence electrons. The zero-order chi connectivity index (χ0) is 18.2. The number of rotatable bonds is 7. The highest BCUT2D eigenvalue weighted by molar-refractivity contribution is 6.01. The van der Waals surface area contributed by atoms with E-state index in [1.807, 2.05) is 0 Å². The third kappa shape index (κ3) is 4.84. The van der Waals surface area contributed by atoms with Crippen LogP contribution in [0.15, 0.2) is 30.5 Å². The predicted molar refractivity (Wildman–Crippen MR) is 91.8 cm³/mol. The monoisotopic (exact) mass is 345 g/mol. The summed E-state index contributed by atoms with van der Waals surface area (Å²) in [4.78, 5) is 30.0. The zero-order valence-electron chi connectivity index (χ0n) is 14.2. The minimum absolute atomic E-state index is 0.157. The number of hydrogen-bond acceptors (Lipinski definition) is 6. The number of carbonyl (C=O) groups excluding carboxylic acids is 2. The highest BCUT2D eigenvalue weighted by Gasteiger charge is 2.11. The minimum atomic E-state index is -0.531. The van der Waals surface area contributed by atoms with Crippen LogP contribution in [-0.2, 0) is 9.53 Å². The molecule has 8 nitrogen and oxygen atoms in total. The van der Waals surface area contributed by atoms with Crippen molar-refractivity contribution in [1.82, 2.24) is 9.97 Å². The highest BCUT2D eigenvalue weighted by Crippen LogP contribution is 2.27. The number of benzene rings is 1. The molecule has 0 saturated carbocycles. The first-order chi connectivity index (χ1) is 12.1. The second kappa shape index (κ2) is 8.53. The van der Waals surface area contributed by atoms with E-state index in [0.717, 1.165) is 5.56 Å². The molecule has 2 rings (SSSR count). The van der Waals surface area contributed by atoms with Gasteiger partial charge in [-0.2, -0.15) is 0 Å². The number of esters is 1. The van der Waals surface area contributed by atoms with Gasteiger partial charge in [0.15, 0.2) is 11.5 Å². The average Bonchev–Trinajstić information content (AvgIpc) is 3.08. The summed E-state index contributed by atoms with van der Waals surface area (Å²) in [5.41, 5.74) is 0.931. The summed E-state index contributed by atoms with van der Waals surface area (Å²) in [5, 5.41) is 2.52. The number of nitrogens with zero attached hydrogens (tertiary/aromatic N) is 1.